The number of hydrogen-bond acceptors (Lipinski definition) is 6. The van der Waals surface area contributed by atoms with Gasteiger partial charge in [0.15, 0.2) is 5.13 Å². The fraction of sp³-hybridized carbons (Fsp3) is 0.471. The Bertz CT molecular complexity index is 751. The number of rotatable bonds is 5. The Morgan fingerprint density at radius 1 is 1.33 bits per heavy atom. The molecule has 0 aromatic carbocycles. The van der Waals surface area contributed by atoms with E-state index < -0.39 is 0 Å². The highest BCUT2D eigenvalue weighted by Crippen LogP contribution is 2.40. The van der Waals surface area contributed by atoms with Crippen molar-refractivity contribution in [2.75, 3.05) is 18.5 Å². The van der Waals surface area contributed by atoms with Crippen molar-refractivity contribution in [1.82, 2.24) is 9.97 Å². The quantitative estimate of drug-likeness (QED) is 0.901. The molecule has 0 radical (unpaired) electrons. The van der Waals surface area contributed by atoms with Gasteiger partial charge in [-0.2, -0.15) is 0 Å². The first-order chi connectivity index (χ1) is 11.7. The van der Waals surface area contributed by atoms with E-state index in [1.54, 1.807) is 6.07 Å². The summed E-state index contributed by atoms with van der Waals surface area (Å²) in [6.07, 6.45) is 3.30. The minimum absolute atomic E-state index is 0.0442. The van der Waals surface area contributed by atoms with Crippen molar-refractivity contribution >= 4 is 22.4 Å². The first kappa shape index (κ1) is 15.5. The molecule has 2 aromatic rings. The van der Waals surface area contributed by atoms with Crippen LogP contribution in [0.3, 0.4) is 0 Å². The Kier molecular flexibility index (Phi) is 4.20. The molecule has 6 nitrogen and oxygen atoms in total. The average molecular weight is 345 g/mol. The van der Waals surface area contributed by atoms with Crippen LogP contribution < -0.4 is 10.1 Å². The van der Waals surface area contributed by atoms with Gasteiger partial charge in [0, 0.05) is 35.5 Å². The third kappa shape index (κ3) is 3.57. The number of hydrogen-bond donors (Lipinski definition) is 1. The van der Waals surface area contributed by atoms with Gasteiger partial charge in [0.2, 0.25) is 0 Å². The van der Waals surface area contributed by atoms with E-state index in [0.29, 0.717) is 29.1 Å². The lowest BCUT2D eigenvalue weighted by Gasteiger charge is -2.13. The summed E-state index contributed by atoms with van der Waals surface area (Å²) in [7, 11) is 0. The molecule has 1 aliphatic heterocycles. The lowest BCUT2D eigenvalue weighted by molar-refractivity contribution is 0.102. The molecule has 1 aliphatic carbocycles. The van der Waals surface area contributed by atoms with Gasteiger partial charge in [-0.15, -0.1) is 11.3 Å². The molecule has 1 atom stereocenters. The van der Waals surface area contributed by atoms with E-state index in [1.165, 1.54) is 24.2 Å². The molecule has 24 heavy (non-hydrogen) atoms. The van der Waals surface area contributed by atoms with E-state index >= 15 is 0 Å². The van der Waals surface area contributed by atoms with Crippen LogP contribution in [0.2, 0.25) is 0 Å². The zero-order valence-electron chi connectivity index (χ0n) is 13.4. The number of anilines is 1. The van der Waals surface area contributed by atoms with E-state index in [2.05, 4.69) is 15.3 Å². The number of nitrogens with one attached hydrogen (secondary N) is 1. The highest BCUT2D eigenvalue weighted by Gasteiger charge is 2.26. The Morgan fingerprint density at radius 3 is 2.96 bits per heavy atom. The van der Waals surface area contributed by atoms with Gasteiger partial charge < -0.3 is 9.47 Å². The van der Waals surface area contributed by atoms with Crippen molar-refractivity contribution in [2.24, 2.45) is 0 Å². The highest BCUT2D eigenvalue weighted by atomic mass is 32.1. The van der Waals surface area contributed by atoms with Gasteiger partial charge in [0.1, 0.15) is 17.5 Å². The third-order valence-corrected chi connectivity index (χ3v) is 4.86. The maximum Gasteiger partial charge on any atom is 0.276 e. The van der Waals surface area contributed by atoms with Gasteiger partial charge in [0.05, 0.1) is 18.9 Å². The van der Waals surface area contributed by atoms with Crippen molar-refractivity contribution in [2.45, 2.75) is 38.2 Å². The number of carbonyl (C=O) groups is 1. The Balaban J connectivity index is 1.46. The first-order valence-corrected chi connectivity index (χ1v) is 9.05. The summed E-state index contributed by atoms with van der Waals surface area (Å²) in [6.45, 7) is 3.16. The van der Waals surface area contributed by atoms with E-state index in [0.717, 1.165) is 24.4 Å². The summed E-state index contributed by atoms with van der Waals surface area (Å²) >= 11 is 1.46. The molecule has 126 valence electrons. The normalized spacial score (nSPS) is 20.1. The molecule has 1 amide bonds. The second-order valence-electron chi connectivity index (χ2n) is 6.24. The fourth-order valence-corrected chi connectivity index (χ4v) is 3.48. The molecular weight excluding hydrogens is 326 g/mol. The van der Waals surface area contributed by atoms with Crippen LogP contribution in [0.5, 0.6) is 5.75 Å². The summed E-state index contributed by atoms with van der Waals surface area (Å²) in [4.78, 5) is 21.3. The number of pyridine rings is 1. The van der Waals surface area contributed by atoms with Crippen molar-refractivity contribution in [3.63, 3.8) is 0 Å². The van der Waals surface area contributed by atoms with E-state index in [4.69, 9.17) is 9.47 Å². The van der Waals surface area contributed by atoms with Crippen LogP contribution in [0.1, 0.15) is 47.1 Å². The van der Waals surface area contributed by atoms with Gasteiger partial charge in [-0.25, -0.2) is 9.97 Å². The molecule has 7 heteroatoms. The first-order valence-electron chi connectivity index (χ1n) is 8.17. The zero-order valence-corrected chi connectivity index (χ0v) is 14.3. The van der Waals surface area contributed by atoms with E-state index in [-0.39, 0.29) is 12.0 Å². The summed E-state index contributed by atoms with van der Waals surface area (Å²) in [5.74, 6) is 0.974. The number of aryl methyl sites for hydroxylation is 1. The van der Waals surface area contributed by atoms with Crippen molar-refractivity contribution in [3.8, 4) is 5.75 Å². The molecule has 1 saturated heterocycles. The number of amides is 1. The number of nitrogens with zero attached hydrogens (tertiary/aromatic N) is 2. The molecule has 1 N–H and O–H groups in total. The molecule has 2 fully saturated rings. The number of aromatic nitrogens is 2. The maximum absolute atomic E-state index is 12.5. The fourth-order valence-electron chi connectivity index (χ4n) is 2.69. The smallest absolute Gasteiger partial charge is 0.276 e. The van der Waals surface area contributed by atoms with E-state index in [9.17, 15) is 4.79 Å². The Morgan fingerprint density at radius 2 is 2.21 bits per heavy atom. The minimum atomic E-state index is -0.261. The van der Waals surface area contributed by atoms with Crippen LogP contribution in [0.4, 0.5) is 5.13 Å². The third-order valence-electron chi connectivity index (χ3n) is 4.09. The Hall–Kier alpha value is -1.99. The maximum atomic E-state index is 12.5. The van der Waals surface area contributed by atoms with Crippen LogP contribution >= 0.6 is 11.3 Å². The van der Waals surface area contributed by atoms with Gasteiger partial charge in [-0.05, 0) is 19.8 Å². The summed E-state index contributed by atoms with van der Waals surface area (Å²) in [5.41, 5.74) is 2.17. The number of thiazole rings is 1. The van der Waals surface area contributed by atoms with Gasteiger partial charge in [0.25, 0.3) is 5.91 Å². The lowest BCUT2D eigenvalue weighted by atomic mass is 10.2. The minimum Gasteiger partial charge on any atom is -0.488 e. The second-order valence-corrected chi connectivity index (χ2v) is 7.10. The number of carbonyl (C=O) groups excluding carboxylic acids is 1. The van der Waals surface area contributed by atoms with Crippen LogP contribution in [-0.4, -0.2) is 35.2 Å². The second kappa shape index (κ2) is 6.49. The molecule has 3 heterocycles. The highest BCUT2D eigenvalue weighted by molar-refractivity contribution is 7.14. The zero-order chi connectivity index (χ0) is 16.5. The SMILES string of the molecule is Cc1cc(O[C@@H]2CCOC2)cc(C(=O)Nc2nc(C3CC3)cs2)n1. The van der Waals surface area contributed by atoms with Crippen LogP contribution in [0.15, 0.2) is 17.5 Å². The standard InChI is InChI=1S/C17H19N3O3S/c1-10-6-13(23-12-4-5-22-8-12)7-14(18-10)16(21)20-17-19-15(9-24-17)11-2-3-11/h6-7,9,11-12H,2-5,8H2,1H3,(H,19,20,21)/t12-/m1/s1. The van der Waals surface area contributed by atoms with Gasteiger partial charge >= 0.3 is 0 Å². The summed E-state index contributed by atoms with van der Waals surface area (Å²) < 4.78 is 11.2. The summed E-state index contributed by atoms with van der Waals surface area (Å²) in [5, 5.41) is 5.48. The molecular formula is C17H19N3O3S. The largest absolute Gasteiger partial charge is 0.488 e. The van der Waals surface area contributed by atoms with Crippen molar-refractivity contribution in [1.29, 1.82) is 0 Å². The molecule has 0 unspecified atom stereocenters. The molecule has 0 spiro atoms. The molecule has 1 saturated carbocycles. The van der Waals surface area contributed by atoms with Crippen LogP contribution in [0, 0.1) is 6.92 Å². The van der Waals surface area contributed by atoms with E-state index in [1.807, 2.05) is 18.4 Å². The van der Waals surface area contributed by atoms with Crippen molar-refractivity contribution in [3.05, 3.63) is 34.6 Å². The molecule has 2 aliphatic rings. The molecule has 2 aromatic heterocycles. The van der Waals surface area contributed by atoms with Gasteiger partial charge in [-0.3, -0.25) is 10.1 Å². The average Bonchev–Trinajstić information content (AvgIpc) is 3.08. The van der Waals surface area contributed by atoms with Crippen molar-refractivity contribution < 1.29 is 14.3 Å². The van der Waals surface area contributed by atoms with Crippen LogP contribution in [0.25, 0.3) is 0 Å². The Labute approximate surface area is 144 Å². The van der Waals surface area contributed by atoms with Crippen LogP contribution in [-0.2, 0) is 4.74 Å². The topological polar surface area (TPSA) is 73.3 Å². The lowest BCUT2D eigenvalue weighted by Crippen LogP contribution is -2.18. The number of ether oxygens (including phenoxy) is 2. The summed E-state index contributed by atoms with van der Waals surface area (Å²) in [6, 6.07) is 3.51. The molecule has 0 bridgehead atoms. The molecule has 4 rings (SSSR count). The monoisotopic (exact) mass is 345 g/mol. The predicted octanol–water partition coefficient (Wildman–Crippen LogP) is 3.14. The predicted molar refractivity (Wildman–Crippen MR) is 90.9 cm³/mol. The van der Waals surface area contributed by atoms with Gasteiger partial charge in [-0.1, -0.05) is 0 Å².